The fourth-order valence-electron chi connectivity index (χ4n) is 4.94. The Hall–Kier alpha value is -3.50. The van der Waals surface area contributed by atoms with Gasteiger partial charge in [-0.3, -0.25) is 24.1 Å². The van der Waals surface area contributed by atoms with Gasteiger partial charge in [-0.15, -0.1) is 0 Å². The van der Waals surface area contributed by atoms with Crippen LogP contribution in [0.3, 0.4) is 0 Å². The number of nitrogens with zero attached hydrogens (tertiary/aromatic N) is 1. The first-order valence-corrected chi connectivity index (χ1v) is 11.0. The summed E-state index contributed by atoms with van der Waals surface area (Å²) in [5, 5.41) is 7.51. The van der Waals surface area contributed by atoms with Crippen molar-refractivity contribution < 1.29 is 33.1 Å². The summed E-state index contributed by atoms with van der Waals surface area (Å²) in [6.07, 6.45) is 1.90. The lowest BCUT2D eigenvalue weighted by Gasteiger charge is -2.43. The zero-order chi connectivity index (χ0) is 25.1. The maximum Gasteiger partial charge on any atom is 0.326 e. The third-order valence-electron chi connectivity index (χ3n) is 5.85. The molecule has 184 valence electrons. The first kappa shape index (κ1) is 25.1. The predicted octanol–water partition coefficient (Wildman–Crippen LogP) is 1.56. The van der Waals surface area contributed by atoms with Crippen LogP contribution in [0.15, 0.2) is 24.3 Å². The minimum Gasteiger partial charge on any atom is -0.454 e. The van der Waals surface area contributed by atoms with E-state index in [1.165, 1.54) is 24.3 Å². The van der Waals surface area contributed by atoms with Gasteiger partial charge in [-0.05, 0) is 54.9 Å². The van der Waals surface area contributed by atoms with E-state index in [0.717, 1.165) is 11.3 Å². The van der Waals surface area contributed by atoms with Gasteiger partial charge in [0, 0.05) is 5.69 Å². The summed E-state index contributed by atoms with van der Waals surface area (Å²) in [4.78, 5) is 62.2. The van der Waals surface area contributed by atoms with Gasteiger partial charge < -0.3 is 20.7 Å². The molecule has 2 atom stereocenters. The standard InChI is InChI=1S/C23H29FN4O6/c1-14-8-22(2,3)13-23(9-14)20(32)28(21(33)27-23)11-19(31)34-12-18(30)25-10-17(29)26-16-6-4-15(24)5-7-16/h4-7,14H,8-13H2,1-3H3,(H,25,30)(H,26,29)(H,27,33)/t14-,23-/m1/s1. The molecule has 3 N–H and O–H groups in total. The van der Waals surface area contributed by atoms with E-state index in [2.05, 4.69) is 16.0 Å². The molecule has 1 aromatic rings. The molecule has 1 heterocycles. The van der Waals surface area contributed by atoms with Crippen molar-refractivity contribution in [2.24, 2.45) is 11.3 Å². The number of nitrogens with one attached hydrogen (secondary N) is 3. The van der Waals surface area contributed by atoms with Gasteiger partial charge in [-0.1, -0.05) is 20.8 Å². The highest BCUT2D eigenvalue weighted by Crippen LogP contribution is 2.46. The second-order valence-corrected chi connectivity index (χ2v) is 9.75. The smallest absolute Gasteiger partial charge is 0.326 e. The zero-order valence-corrected chi connectivity index (χ0v) is 19.4. The first-order valence-electron chi connectivity index (χ1n) is 11.0. The number of rotatable bonds is 7. The number of anilines is 1. The van der Waals surface area contributed by atoms with Gasteiger partial charge in [0.25, 0.3) is 11.8 Å². The highest BCUT2D eigenvalue weighted by Gasteiger charge is 2.56. The van der Waals surface area contributed by atoms with Gasteiger partial charge in [-0.25, -0.2) is 9.18 Å². The molecule has 1 aliphatic carbocycles. The van der Waals surface area contributed by atoms with Crippen LogP contribution in [0.1, 0.15) is 40.0 Å². The SMILES string of the molecule is C[C@@H]1CC(C)(C)C[C@@]2(C1)NC(=O)N(CC(=O)OCC(=O)NCC(=O)Nc1ccc(F)cc1)C2=O. The second-order valence-electron chi connectivity index (χ2n) is 9.75. The molecular formula is C23H29FN4O6. The molecular weight excluding hydrogens is 447 g/mol. The zero-order valence-electron chi connectivity index (χ0n) is 19.4. The van der Waals surface area contributed by atoms with E-state index in [0.29, 0.717) is 18.5 Å². The average molecular weight is 477 g/mol. The highest BCUT2D eigenvalue weighted by atomic mass is 19.1. The summed E-state index contributed by atoms with van der Waals surface area (Å²) in [6, 6.07) is 4.43. The summed E-state index contributed by atoms with van der Waals surface area (Å²) in [5.74, 6) is -2.90. The number of hydrogen-bond acceptors (Lipinski definition) is 6. The lowest BCUT2D eigenvalue weighted by atomic mass is 9.64. The molecule has 1 aromatic carbocycles. The molecule has 0 unspecified atom stereocenters. The van der Waals surface area contributed by atoms with Crippen molar-refractivity contribution in [1.29, 1.82) is 0 Å². The number of ether oxygens (including phenoxy) is 1. The van der Waals surface area contributed by atoms with E-state index in [4.69, 9.17) is 4.74 Å². The van der Waals surface area contributed by atoms with E-state index >= 15 is 0 Å². The highest BCUT2D eigenvalue weighted by molar-refractivity contribution is 6.09. The third kappa shape index (κ3) is 6.09. The number of halogens is 1. The summed E-state index contributed by atoms with van der Waals surface area (Å²) >= 11 is 0. The minimum absolute atomic E-state index is 0.141. The summed E-state index contributed by atoms with van der Waals surface area (Å²) in [5.41, 5.74) is -0.819. The van der Waals surface area contributed by atoms with Gasteiger partial charge in [0.05, 0.1) is 6.54 Å². The van der Waals surface area contributed by atoms with Crippen molar-refractivity contribution in [2.75, 3.05) is 25.0 Å². The maximum atomic E-state index is 13.0. The van der Waals surface area contributed by atoms with Crippen LogP contribution in [0, 0.1) is 17.2 Å². The van der Waals surface area contributed by atoms with Crippen LogP contribution in [0.2, 0.25) is 0 Å². The summed E-state index contributed by atoms with van der Waals surface area (Å²) in [6.45, 7) is 4.43. The topological polar surface area (TPSA) is 134 Å². The number of carbonyl (C=O) groups excluding carboxylic acids is 5. The molecule has 0 aromatic heterocycles. The summed E-state index contributed by atoms with van der Waals surface area (Å²) in [7, 11) is 0. The van der Waals surface area contributed by atoms with Crippen LogP contribution in [0.25, 0.3) is 0 Å². The van der Waals surface area contributed by atoms with Crippen LogP contribution >= 0.6 is 0 Å². The molecule has 5 amide bonds. The molecule has 34 heavy (non-hydrogen) atoms. The van der Waals surface area contributed by atoms with Crippen LogP contribution in [-0.4, -0.2) is 59.9 Å². The van der Waals surface area contributed by atoms with E-state index in [9.17, 15) is 28.4 Å². The number of hydrogen-bond donors (Lipinski definition) is 3. The number of urea groups is 1. The summed E-state index contributed by atoms with van der Waals surface area (Å²) < 4.78 is 17.7. The molecule has 1 aliphatic heterocycles. The Morgan fingerprint density at radius 1 is 1.15 bits per heavy atom. The van der Waals surface area contributed by atoms with Crippen LogP contribution in [0.5, 0.6) is 0 Å². The molecule has 0 bridgehead atoms. The maximum absolute atomic E-state index is 13.0. The Bertz CT molecular complexity index is 996. The van der Waals surface area contributed by atoms with Crippen molar-refractivity contribution in [3.63, 3.8) is 0 Å². The van der Waals surface area contributed by atoms with E-state index in [-0.39, 0.29) is 11.3 Å². The lowest BCUT2D eigenvalue weighted by molar-refractivity contribution is -0.151. The molecule has 1 saturated heterocycles. The van der Waals surface area contributed by atoms with Crippen LogP contribution < -0.4 is 16.0 Å². The normalized spacial score (nSPS) is 23.4. The molecule has 1 spiro atoms. The Morgan fingerprint density at radius 2 is 1.82 bits per heavy atom. The largest absolute Gasteiger partial charge is 0.454 e. The van der Waals surface area contributed by atoms with Crippen molar-refractivity contribution >= 4 is 35.4 Å². The van der Waals surface area contributed by atoms with Crippen molar-refractivity contribution in [1.82, 2.24) is 15.5 Å². The van der Waals surface area contributed by atoms with Gasteiger partial charge in [0.15, 0.2) is 6.61 Å². The molecule has 2 aliphatic rings. The molecule has 3 rings (SSSR count). The van der Waals surface area contributed by atoms with Gasteiger partial charge >= 0.3 is 12.0 Å². The minimum atomic E-state index is -1.03. The fraction of sp³-hybridized carbons (Fsp3) is 0.522. The lowest BCUT2D eigenvalue weighted by Crippen LogP contribution is -2.54. The van der Waals surface area contributed by atoms with E-state index < -0.39 is 60.8 Å². The first-order chi connectivity index (χ1) is 15.9. The van der Waals surface area contributed by atoms with Crippen molar-refractivity contribution in [3.8, 4) is 0 Å². The molecule has 10 nitrogen and oxygen atoms in total. The Kier molecular flexibility index (Phi) is 7.23. The Labute approximate surface area is 196 Å². The quantitative estimate of drug-likeness (QED) is 0.404. The molecule has 11 heteroatoms. The number of carbonyl (C=O) groups is 5. The Balaban J connectivity index is 1.44. The number of esters is 1. The molecule has 1 saturated carbocycles. The monoisotopic (exact) mass is 476 g/mol. The van der Waals surface area contributed by atoms with Gasteiger partial charge in [0.1, 0.15) is 17.9 Å². The number of amides is 5. The van der Waals surface area contributed by atoms with Crippen LogP contribution in [0.4, 0.5) is 14.9 Å². The number of imide groups is 1. The predicted molar refractivity (Wildman–Crippen MR) is 119 cm³/mol. The number of benzene rings is 1. The Morgan fingerprint density at radius 3 is 2.47 bits per heavy atom. The van der Waals surface area contributed by atoms with Gasteiger partial charge in [0.2, 0.25) is 5.91 Å². The van der Waals surface area contributed by atoms with Gasteiger partial charge in [-0.2, -0.15) is 0 Å². The van der Waals surface area contributed by atoms with Crippen molar-refractivity contribution in [3.05, 3.63) is 30.1 Å². The fourth-order valence-corrected chi connectivity index (χ4v) is 4.94. The average Bonchev–Trinajstić information content (AvgIpc) is 2.94. The second kappa shape index (κ2) is 9.78. The third-order valence-corrected chi connectivity index (χ3v) is 5.85. The molecule has 0 radical (unpaired) electrons. The van der Waals surface area contributed by atoms with Crippen LogP contribution in [-0.2, 0) is 23.9 Å². The molecule has 2 fully saturated rings. The van der Waals surface area contributed by atoms with E-state index in [1.807, 2.05) is 20.8 Å². The van der Waals surface area contributed by atoms with Crippen molar-refractivity contribution in [2.45, 2.75) is 45.6 Å². The van der Waals surface area contributed by atoms with E-state index in [1.54, 1.807) is 0 Å².